The van der Waals surface area contributed by atoms with E-state index >= 15 is 0 Å². The van der Waals surface area contributed by atoms with Crippen LogP contribution >= 0.6 is 0 Å². The van der Waals surface area contributed by atoms with E-state index in [0.717, 1.165) is 23.7 Å². The molecule has 0 aromatic carbocycles. The van der Waals surface area contributed by atoms with Crippen molar-refractivity contribution in [2.24, 2.45) is 5.41 Å². The molecule has 2 aromatic heterocycles. The van der Waals surface area contributed by atoms with E-state index in [2.05, 4.69) is 34.4 Å². The molecule has 3 rings (SSSR count). The van der Waals surface area contributed by atoms with E-state index in [4.69, 9.17) is 4.74 Å². The molecular formula is C14H21N5O. The highest BCUT2D eigenvalue weighted by atomic mass is 16.5. The molecule has 6 nitrogen and oxygen atoms in total. The number of fused-ring (bicyclic) bond motifs is 1. The fraction of sp³-hybridized carbons (Fsp3) is 0.571. The van der Waals surface area contributed by atoms with Crippen LogP contribution in [0.2, 0.25) is 0 Å². The Balaban J connectivity index is 1.90. The van der Waals surface area contributed by atoms with E-state index in [9.17, 15) is 0 Å². The Kier molecular flexibility index (Phi) is 3.05. The van der Waals surface area contributed by atoms with Crippen LogP contribution in [0, 0.1) is 5.41 Å². The number of hydrogen-bond acceptors (Lipinski definition) is 5. The maximum atomic E-state index is 5.49. The smallest absolute Gasteiger partial charge is 0.180 e. The van der Waals surface area contributed by atoms with Gasteiger partial charge in [0.2, 0.25) is 0 Å². The third-order valence-electron chi connectivity index (χ3n) is 4.40. The molecule has 108 valence electrons. The molecular weight excluding hydrogens is 254 g/mol. The average molecular weight is 275 g/mol. The SMILES string of the molecule is CNc1cn2ccnc2c(NC2CC(OC)C2(C)C)n1. The number of nitrogens with one attached hydrogen (secondary N) is 2. The molecule has 1 fully saturated rings. The zero-order valence-electron chi connectivity index (χ0n) is 12.3. The highest BCUT2D eigenvalue weighted by molar-refractivity contribution is 5.66. The molecule has 6 heteroatoms. The van der Waals surface area contributed by atoms with Gasteiger partial charge < -0.3 is 19.8 Å². The molecule has 1 aliphatic carbocycles. The number of anilines is 2. The third-order valence-corrected chi connectivity index (χ3v) is 4.40. The predicted octanol–water partition coefficient (Wildman–Crippen LogP) is 2.00. The Labute approximate surface area is 118 Å². The second-order valence-electron chi connectivity index (χ2n) is 5.86. The minimum atomic E-state index is 0.0929. The first-order chi connectivity index (χ1) is 9.56. The van der Waals surface area contributed by atoms with Gasteiger partial charge in [-0.3, -0.25) is 0 Å². The topological polar surface area (TPSA) is 63.5 Å². The zero-order chi connectivity index (χ0) is 14.3. The van der Waals surface area contributed by atoms with E-state index in [1.54, 1.807) is 13.3 Å². The molecule has 0 bridgehead atoms. The Morgan fingerprint density at radius 3 is 2.90 bits per heavy atom. The van der Waals surface area contributed by atoms with Crippen molar-refractivity contribution < 1.29 is 4.74 Å². The Hall–Kier alpha value is -1.82. The largest absolute Gasteiger partial charge is 0.381 e. The van der Waals surface area contributed by atoms with Gasteiger partial charge in [0.25, 0.3) is 0 Å². The molecule has 0 aliphatic heterocycles. The van der Waals surface area contributed by atoms with Crippen molar-refractivity contribution in [2.45, 2.75) is 32.4 Å². The van der Waals surface area contributed by atoms with Crippen LogP contribution in [-0.4, -0.2) is 40.7 Å². The van der Waals surface area contributed by atoms with Crippen LogP contribution in [0.3, 0.4) is 0 Å². The molecule has 2 heterocycles. The van der Waals surface area contributed by atoms with Gasteiger partial charge in [0.15, 0.2) is 11.5 Å². The van der Waals surface area contributed by atoms with Crippen molar-refractivity contribution in [3.8, 4) is 0 Å². The molecule has 1 saturated carbocycles. The summed E-state index contributed by atoms with van der Waals surface area (Å²) in [5.74, 6) is 1.63. The summed E-state index contributed by atoms with van der Waals surface area (Å²) in [4.78, 5) is 8.95. The fourth-order valence-electron chi connectivity index (χ4n) is 2.84. The normalized spacial score (nSPS) is 24.4. The number of aromatic nitrogens is 3. The molecule has 2 unspecified atom stereocenters. The first kappa shape index (κ1) is 13.2. The molecule has 2 aromatic rings. The van der Waals surface area contributed by atoms with Gasteiger partial charge in [0.05, 0.1) is 12.3 Å². The van der Waals surface area contributed by atoms with Crippen molar-refractivity contribution in [2.75, 3.05) is 24.8 Å². The highest BCUT2D eigenvalue weighted by Gasteiger charge is 2.48. The summed E-state index contributed by atoms with van der Waals surface area (Å²) in [6, 6.07) is 0.340. The maximum Gasteiger partial charge on any atom is 0.180 e. The number of imidazole rings is 1. The second kappa shape index (κ2) is 4.63. The predicted molar refractivity (Wildman–Crippen MR) is 79.1 cm³/mol. The van der Waals surface area contributed by atoms with E-state index in [0.29, 0.717) is 12.1 Å². The molecule has 20 heavy (non-hydrogen) atoms. The van der Waals surface area contributed by atoms with Gasteiger partial charge in [-0.25, -0.2) is 9.97 Å². The summed E-state index contributed by atoms with van der Waals surface area (Å²) in [6.07, 6.45) is 6.92. The van der Waals surface area contributed by atoms with Gasteiger partial charge >= 0.3 is 0 Å². The van der Waals surface area contributed by atoms with Gasteiger partial charge in [-0.15, -0.1) is 0 Å². The lowest BCUT2D eigenvalue weighted by Gasteiger charge is -2.51. The molecule has 2 atom stereocenters. The Bertz CT molecular complexity index is 621. The first-order valence-electron chi connectivity index (χ1n) is 6.87. The summed E-state index contributed by atoms with van der Waals surface area (Å²) < 4.78 is 7.47. The van der Waals surface area contributed by atoms with Crippen molar-refractivity contribution in [1.82, 2.24) is 14.4 Å². The van der Waals surface area contributed by atoms with E-state index in [-0.39, 0.29) is 5.41 Å². The second-order valence-corrected chi connectivity index (χ2v) is 5.86. The van der Waals surface area contributed by atoms with Gasteiger partial charge in [0, 0.05) is 38.0 Å². The number of rotatable bonds is 4. The van der Waals surface area contributed by atoms with Crippen LogP contribution in [0.25, 0.3) is 5.65 Å². The maximum absolute atomic E-state index is 5.49. The zero-order valence-corrected chi connectivity index (χ0v) is 12.3. The quantitative estimate of drug-likeness (QED) is 0.893. The van der Waals surface area contributed by atoms with Crippen molar-refractivity contribution in [3.05, 3.63) is 18.6 Å². The molecule has 2 N–H and O–H groups in total. The van der Waals surface area contributed by atoms with Gasteiger partial charge in [0.1, 0.15) is 5.82 Å². The number of ether oxygens (including phenoxy) is 1. The molecule has 0 amide bonds. The van der Waals surface area contributed by atoms with Crippen LogP contribution in [-0.2, 0) is 4.74 Å². The highest BCUT2D eigenvalue weighted by Crippen LogP contribution is 2.44. The molecule has 0 radical (unpaired) electrons. The molecule has 0 spiro atoms. The lowest BCUT2D eigenvalue weighted by atomic mass is 9.64. The van der Waals surface area contributed by atoms with Gasteiger partial charge in [-0.1, -0.05) is 13.8 Å². The van der Waals surface area contributed by atoms with Crippen LogP contribution in [0.15, 0.2) is 18.6 Å². The summed E-state index contributed by atoms with van der Waals surface area (Å²) in [5.41, 5.74) is 0.941. The number of methoxy groups -OCH3 is 1. The van der Waals surface area contributed by atoms with Crippen LogP contribution in [0.4, 0.5) is 11.6 Å². The Morgan fingerprint density at radius 2 is 2.25 bits per heavy atom. The lowest BCUT2D eigenvalue weighted by Crippen LogP contribution is -2.57. The standard InChI is InChI=1S/C14H21N5O/c1-14(2)9(7-10(14)20-4)17-12-13-16-5-6-19(13)8-11(15-3)18-12/h5-6,8-10,15H,7H2,1-4H3,(H,17,18). The van der Waals surface area contributed by atoms with E-state index in [1.807, 2.05) is 23.8 Å². The first-order valence-corrected chi connectivity index (χ1v) is 6.87. The summed E-state index contributed by atoms with van der Waals surface area (Å²) in [7, 11) is 3.64. The summed E-state index contributed by atoms with van der Waals surface area (Å²) in [5, 5.41) is 6.60. The van der Waals surface area contributed by atoms with Crippen LogP contribution in [0.1, 0.15) is 20.3 Å². The minimum absolute atomic E-state index is 0.0929. The van der Waals surface area contributed by atoms with Crippen LogP contribution < -0.4 is 10.6 Å². The fourth-order valence-corrected chi connectivity index (χ4v) is 2.84. The minimum Gasteiger partial charge on any atom is -0.381 e. The summed E-state index contributed by atoms with van der Waals surface area (Å²) >= 11 is 0. The third kappa shape index (κ3) is 1.91. The Morgan fingerprint density at radius 1 is 1.45 bits per heavy atom. The van der Waals surface area contributed by atoms with Gasteiger partial charge in [-0.2, -0.15) is 0 Å². The van der Waals surface area contributed by atoms with Crippen LogP contribution in [0.5, 0.6) is 0 Å². The van der Waals surface area contributed by atoms with E-state index < -0.39 is 0 Å². The summed E-state index contributed by atoms with van der Waals surface area (Å²) in [6.45, 7) is 4.43. The van der Waals surface area contributed by atoms with Gasteiger partial charge in [-0.05, 0) is 6.42 Å². The van der Waals surface area contributed by atoms with Crippen molar-refractivity contribution >= 4 is 17.3 Å². The monoisotopic (exact) mass is 275 g/mol. The lowest BCUT2D eigenvalue weighted by molar-refractivity contribution is -0.0795. The number of nitrogens with zero attached hydrogens (tertiary/aromatic N) is 3. The molecule has 1 aliphatic rings. The number of hydrogen-bond donors (Lipinski definition) is 2. The van der Waals surface area contributed by atoms with Crippen molar-refractivity contribution in [3.63, 3.8) is 0 Å². The van der Waals surface area contributed by atoms with E-state index in [1.165, 1.54) is 0 Å². The average Bonchev–Trinajstić information content (AvgIpc) is 2.90. The van der Waals surface area contributed by atoms with Crippen molar-refractivity contribution in [1.29, 1.82) is 0 Å². The molecule has 0 saturated heterocycles.